The van der Waals surface area contributed by atoms with Crippen molar-refractivity contribution in [2.45, 2.75) is 18.1 Å². The number of benzene rings is 3. The predicted octanol–water partition coefficient (Wildman–Crippen LogP) is 5.53. The summed E-state index contributed by atoms with van der Waals surface area (Å²) in [6.07, 6.45) is 0. The van der Waals surface area contributed by atoms with Gasteiger partial charge in [0.1, 0.15) is 5.82 Å². The summed E-state index contributed by atoms with van der Waals surface area (Å²) >= 11 is 6.88. The van der Waals surface area contributed by atoms with Crippen LogP contribution in [-0.2, 0) is 4.79 Å². The van der Waals surface area contributed by atoms with E-state index in [2.05, 4.69) is 10.3 Å². The molecule has 0 aliphatic rings. The van der Waals surface area contributed by atoms with E-state index in [1.807, 2.05) is 43.3 Å². The highest BCUT2D eigenvalue weighted by atomic mass is 35.5. The van der Waals surface area contributed by atoms with Crippen LogP contribution in [0, 0.1) is 5.82 Å². The second-order valence-electron chi connectivity index (χ2n) is 7.13. The van der Waals surface area contributed by atoms with Crippen molar-refractivity contribution in [1.29, 1.82) is 0 Å². The maximum Gasteiger partial charge on any atom is 0.262 e. The number of hydrogen-bond acceptors (Lipinski definition) is 4. The molecule has 1 aromatic heterocycles. The normalized spacial score (nSPS) is 12.0. The molecule has 0 aliphatic carbocycles. The number of carbonyl (C=O) groups excluding carboxylic acids is 1. The maximum atomic E-state index is 14.0. The summed E-state index contributed by atoms with van der Waals surface area (Å²) in [5, 5.41) is 3.70. The molecule has 0 saturated heterocycles. The van der Waals surface area contributed by atoms with Gasteiger partial charge in [0, 0.05) is 5.02 Å². The third kappa shape index (κ3) is 4.69. The highest BCUT2D eigenvalue weighted by Crippen LogP contribution is 2.25. The number of para-hydroxylation sites is 1. The Bertz CT molecular complexity index is 1340. The lowest BCUT2D eigenvalue weighted by molar-refractivity contribution is -0.113. The van der Waals surface area contributed by atoms with Crippen molar-refractivity contribution >= 4 is 45.9 Å². The zero-order chi connectivity index (χ0) is 22.7. The van der Waals surface area contributed by atoms with Crippen LogP contribution in [0.3, 0.4) is 0 Å². The van der Waals surface area contributed by atoms with Gasteiger partial charge in [-0.1, -0.05) is 65.8 Å². The molecule has 32 heavy (non-hydrogen) atoms. The Kier molecular flexibility index (Phi) is 6.58. The molecule has 1 N–H and O–H groups in total. The van der Waals surface area contributed by atoms with Gasteiger partial charge in [-0.2, -0.15) is 0 Å². The molecule has 3 aromatic carbocycles. The predicted molar refractivity (Wildman–Crippen MR) is 127 cm³/mol. The molecular weight excluding hydrogens is 449 g/mol. The molecule has 0 aliphatic heterocycles. The molecule has 162 valence electrons. The number of anilines is 1. The van der Waals surface area contributed by atoms with Crippen molar-refractivity contribution in [3.63, 3.8) is 0 Å². The average Bonchev–Trinajstić information content (AvgIpc) is 2.80. The van der Waals surface area contributed by atoms with Gasteiger partial charge in [0.15, 0.2) is 5.16 Å². The number of nitrogens with one attached hydrogen (secondary N) is 1. The lowest BCUT2D eigenvalue weighted by Gasteiger charge is -2.20. The number of rotatable bonds is 6. The molecule has 0 fully saturated rings. The minimum Gasteiger partial charge on any atom is -0.323 e. The van der Waals surface area contributed by atoms with Gasteiger partial charge < -0.3 is 5.32 Å². The number of carbonyl (C=O) groups is 1. The number of hydrogen-bond donors (Lipinski definition) is 1. The Hall–Kier alpha value is -3.16. The summed E-state index contributed by atoms with van der Waals surface area (Å²) in [7, 11) is 0. The highest BCUT2D eigenvalue weighted by Gasteiger charge is 2.19. The lowest BCUT2D eigenvalue weighted by atomic mass is 10.1. The van der Waals surface area contributed by atoms with Gasteiger partial charge >= 0.3 is 0 Å². The second-order valence-corrected chi connectivity index (χ2v) is 8.51. The molecule has 1 heterocycles. The molecule has 1 amide bonds. The minimum absolute atomic E-state index is 0.0431. The standard InChI is InChI=1S/C24H19ClFN3O2S/c1-15(16-7-3-2-4-8-16)29-23(31)18-9-5-6-10-20(18)28-24(29)32-14-22(30)27-21-12-11-17(25)13-19(21)26/h2-13,15H,14H2,1H3,(H,27,30). The molecule has 0 saturated carbocycles. The summed E-state index contributed by atoms with van der Waals surface area (Å²) in [4.78, 5) is 30.4. The van der Waals surface area contributed by atoms with Crippen molar-refractivity contribution in [3.8, 4) is 0 Å². The molecule has 4 aromatic rings. The van der Waals surface area contributed by atoms with Crippen molar-refractivity contribution < 1.29 is 9.18 Å². The fourth-order valence-corrected chi connectivity index (χ4v) is 4.39. The van der Waals surface area contributed by atoms with Gasteiger partial charge in [0.05, 0.1) is 28.4 Å². The summed E-state index contributed by atoms with van der Waals surface area (Å²) in [5.74, 6) is -1.08. The van der Waals surface area contributed by atoms with Crippen LogP contribution >= 0.6 is 23.4 Å². The number of fused-ring (bicyclic) bond motifs is 1. The van der Waals surface area contributed by atoms with E-state index in [4.69, 9.17) is 11.6 Å². The Morgan fingerprint density at radius 1 is 1.12 bits per heavy atom. The van der Waals surface area contributed by atoms with Crippen LogP contribution in [-0.4, -0.2) is 21.2 Å². The summed E-state index contributed by atoms with van der Waals surface area (Å²) < 4.78 is 15.6. The van der Waals surface area contributed by atoms with E-state index in [0.29, 0.717) is 16.1 Å². The lowest BCUT2D eigenvalue weighted by Crippen LogP contribution is -2.27. The first-order valence-corrected chi connectivity index (χ1v) is 11.2. The SMILES string of the molecule is CC(c1ccccc1)n1c(SCC(=O)Nc2ccc(Cl)cc2F)nc2ccccc2c1=O. The van der Waals surface area contributed by atoms with Gasteiger partial charge in [0.2, 0.25) is 5.91 Å². The Morgan fingerprint density at radius 2 is 1.84 bits per heavy atom. The second kappa shape index (κ2) is 9.54. The molecule has 1 unspecified atom stereocenters. The topological polar surface area (TPSA) is 64.0 Å². The van der Waals surface area contributed by atoms with Crippen LogP contribution in [0.4, 0.5) is 10.1 Å². The van der Waals surface area contributed by atoms with Gasteiger partial charge in [-0.15, -0.1) is 0 Å². The number of amides is 1. The van der Waals surface area contributed by atoms with Crippen molar-refractivity contribution in [3.05, 3.63) is 99.6 Å². The third-order valence-corrected chi connectivity index (χ3v) is 6.17. The Labute approximate surface area is 193 Å². The molecule has 0 bridgehead atoms. The average molecular weight is 468 g/mol. The van der Waals surface area contributed by atoms with Gasteiger partial charge in [-0.05, 0) is 42.8 Å². The van der Waals surface area contributed by atoms with Crippen LogP contribution in [0.1, 0.15) is 18.5 Å². The van der Waals surface area contributed by atoms with Crippen LogP contribution in [0.5, 0.6) is 0 Å². The molecular formula is C24H19ClFN3O2S. The highest BCUT2D eigenvalue weighted by molar-refractivity contribution is 7.99. The fourth-order valence-electron chi connectivity index (χ4n) is 3.36. The maximum absolute atomic E-state index is 14.0. The van der Waals surface area contributed by atoms with E-state index in [9.17, 15) is 14.0 Å². The Morgan fingerprint density at radius 3 is 2.59 bits per heavy atom. The number of nitrogens with zero attached hydrogens (tertiary/aromatic N) is 2. The van der Waals surface area contributed by atoms with Crippen molar-refractivity contribution in [2.75, 3.05) is 11.1 Å². The molecule has 8 heteroatoms. The Balaban J connectivity index is 1.65. The van der Waals surface area contributed by atoms with Gasteiger partial charge in [-0.3, -0.25) is 14.2 Å². The molecule has 5 nitrogen and oxygen atoms in total. The van der Waals surface area contributed by atoms with E-state index in [1.54, 1.807) is 22.8 Å². The molecule has 0 spiro atoms. The summed E-state index contributed by atoms with van der Waals surface area (Å²) in [6, 6.07) is 20.5. The minimum atomic E-state index is -0.616. The number of thioether (sulfide) groups is 1. The molecule has 4 rings (SSSR count). The number of aromatic nitrogens is 2. The van der Waals surface area contributed by atoms with Crippen molar-refractivity contribution in [2.24, 2.45) is 0 Å². The largest absolute Gasteiger partial charge is 0.323 e. The summed E-state index contributed by atoms with van der Waals surface area (Å²) in [5.41, 5.74) is 1.36. The van der Waals surface area contributed by atoms with E-state index < -0.39 is 11.7 Å². The van der Waals surface area contributed by atoms with Gasteiger partial charge in [0.25, 0.3) is 5.56 Å². The van der Waals surface area contributed by atoms with Gasteiger partial charge in [-0.25, -0.2) is 9.37 Å². The molecule has 1 atom stereocenters. The van der Waals surface area contributed by atoms with E-state index in [0.717, 1.165) is 23.4 Å². The van der Waals surface area contributed by atoms with Crippen LogP contribution in [0.15, 0.2) is 82.7 Å². The van der Waals surface area contributed by atoms with Crippen LogP contribution < -0.4 is 10.9 Å². The monoisotopic (exact) mass is 467 g/mol. The first-order valence-electron chi connectivity index (χ1n) is 9.88. The quantitative estimate of drug-likeness (QED) is 0.299. The van der Waals surface area contributed by atoms with E-state index in [1.165, 1.54) is 12.1 Å². The zero-order valence-electron chi connectivity index (χ0n) is 17.1. The van der Waals surface area contributed by atoms with Crippen LogP contribution in [0.25, 0.3) is 10.9 Å². The van der Waals surface area contributed by atoms with E-state index in [-0.39, 0.29) is 28.1 Å². The first kappa shape index (κ1) is 22.0. The number of halogens is 2. The fraction of sp³-hybridized carbons (Fsp3) is 0.125. The smallest absolute Gasteiger partial charge is 0.262 e. The van der Waals surface area contributed by atoms with Crippen molar-refractivity contribution in [1.82, 2.24) is 9.55 Å². The van der Waals surface area contributed by atoms with E-state index >= 15 is 0 Å². The molecule has 0 radical (unpaired) electrons. The third-order valence-electron chi connectivity index (χ3n) is 4.98. The zero-order valence-corrected chi connectivity index (χ0v) is 18.7. The first-order chi connectivity index (χ1) is 15.4. The summed E-state index contributed by atoms with van der Waals surface area (Å²) in [6.45, 7) is 1.92. The van der Waals surface area contributed by atoms with Crippen LogP contribution in [0.2, 0.25) is 5.02 Å².